The summed E-state index contributed by atoms with van der Waals surface area (Å²) in [5.41, 5.74) is 0.940. The maximum Gasteiger partial charge on any atom is 0.0305 e. The largest absolute Gasteiger partial charge is 0.317 e. The third-order valence-electron chi connectivity index (χ3n) is 1.70. The van der Waals surface area contributed by atoms with Crippen molar-refractivity contribution >= 4 is 9.52 Å². The van der Waals surface area contributed by atoms with Gasteiger partial charge in [0.05, 0.1) is 0 Å². The second kappa shape index (κ2) is 4.94. The maximum absolute atomic E-state index is 3.41. The zero-order valence-corrected chi connectivity index (χ0v) is 10.1. The minimum Gasteiger partial charge on any atom is -0.317 e. The van der Waals surface area contributed by atoms with E-state index in [-0.39, 0.29) is 9.52 Å². The zero-order chi connectivity index (χ0) is 8.91. The van der Waals surface area contributed by atoms with Crippen LogP contribution in [0.15, 0.2) is 0 Å². The SMILES string of the molecule is CCNCC(C)[SiH2]C(C)(C)C. The van der Waals surface area contributed by atoms with Crippen LogP contribution >= 0.6 is 0 Å². The molecule has 68 valence electrons. The highest BCUT2D eigenvalue weighted by atomic mass is 28.2. The molecule has 0 aliphatic rings. The lowest BCUT2D eigenvalue weighted by Crippen LogP contribution is -2.24. The Labute approximate surface area is 73.8 Å². The Morgan fingerprint density at radius 1 is 1.36 bits per heavy atom. The second-order valence-corrected chi connectivity index (χ2v) is 8.60. The van der Waals surface area contributed by atoms with Crippen LogP contribution in [0.4, 0.5) is 0 Å². The van der Waals surface area contributed by atoms with Gasteiger partial charge < -0.3 is 5.32 Å². The first-order valence-corrected chi connectivity index (χ1v) is 6.19. The highest BCUT2D eigenvalue weighted by Crippen LogP contribution is 2.25. The first kappa shape index (κ1) is 11.2. The molecular weight excluding hydrogens is 150 g/mol. The van der Waals surface area contributed by atoms with Crippen LogP contribution in [0.2, 0.25) is 10.6 Å². The molecule has 11 heavy (non-hydrogen) atoms. The Morgan fingerprint density at radius 3 is 2.27 bits per heavy atom. The average molecular weight is 173 g/mol. The molecule has 1 N–H and O–H groups in total. The molecule has 1 unspecified atom stereocenters. The molecule has 0 amide bonds. The van der Waals surface area contributed by atoms with Crippen molar-refractivity contribution in [3.05, 3.63) is 0 Å². The van der Waals surface area contributed by atoms with E-state index in [1.165, 1.54) is 6.54 Å². The van der Waals surface area contributed by atoms with Crippen LogP contribution in [0.5, 0.6) is 0 Å². The summed E-state index contributed by atoms with van der Waals surface area (Å²) in [6, 6.07) is 0. The van der Waals surface area contributed by atoms with Crippen LogP contribution in [0.1, 0.15) is 34.6 Å². The molecule has 0 saturated heterocycles. The van der Waals surface area contributed by atoms with Gasteiger partial charge in [0.2, 0.25) is 0 Å². The van der Waals surface area contributed by atoms with Crippen molar-refractivity contribution in [3.8, 4) is 0 Å². The van der Waals surface area contributed by atoms with E-state index in [9.17, 15) is 0 Å². The Balaban J connectivity index is 3.44. The van der Waals surface area contributed by atoms with Crippen molar-refractivity contribution in [3.63, 3.8) is 0 Å². The summed E-state index contributed by atoms with van der Waals surface area (Å²) in [6.45, 7) is 14.0. The molecule has 0 bridgehead atoms. The molecule has 0 aliphatic heterocycles. The standard InChI is InChI=1S/C9H23NSi/c1-6-10-7-8(2)11-9(3,4)5/h8,10H,6-7,11H2,1-5H3. The lowest BCUT2D eigenvalue weighted by atomic mass is 10.2. The van der Waals surface area contributed by atoms with E-state index in [1.807, 2.05) is 0 Å². The molecule has 0 fully saturated rings. The molecule has 0 aromatic heterocycles. The fourth-order valence-corrected chi connectivity index (χ4v) is 3.95. The van der Waals surface area contributed by atoms with Crippen LogP contribution < -0.4 is 5.32 Å². The summed E-state index contributed by atoms with van der Waals surface area (Å²) < 4.78 is 0. The van der Waals surface area contributed by atoms with E-state index in [0.29, 0.717) is 5.04 Å². The maximum atomic E-state index is 3.41. The highest BCUT2D eigenvalue weighted by molar-refractivity contribution is 6.41. The van der Waals surface area contributed by atoms with Crippen molar-refractivity contribution in [1.29, 1.82) is 0 Å². The van der Waals surface area contributed by atoms with Gasteiger partial charge in [-0.05, 0) is 23.7 Å². The van der Waals surface area contributed by atoms with Gasteiger partial charge >= 0.3 is 0 Å². The first-order chi connectivity index (χ1) is 4.95. The van der Waals surface area contributed by atoms with Gasteiger partial charge in [-0.15, -0.1) is 0 Å². The molecule has 0 aliphatic carbocycles. The smallest absolute Gasteiger partial charge is 0.0305 e. The van der Waals surface area contributed by atoms with E-state index >= 15 is 0 Å². The lowest BCUT2D eigenvalue weighted by molar-refractivity contribution is 0.668. The summed E-state index contributed by atoms with van der Waals surface area (Å²) in [6.07, 6.45) is 0. The summed E-state index contributed by atoms with van der Waals surface area (Å²) in [5.74, 6) is 0. The Hall–Kier alpha value is 0.177. The molecule has 1 nitrogen and oxygen atoms in total. The number of nitrogens with one attached hydrogen (secondary N) is 1. The number of rotatable bonds is 4. The normalized spacial score (nSPS) is 16.1. The summed E-state index contributed by atoms with van der Waals surface area (Å²) in [4.78, 5) is 0. The van der Waals surface area contributed by atoms with Gasteiger partial charge in [0, 0.05) is 9.52 Å². The predicted molar refractivity (Wildman–Crippen MR) is 56.2 cm³/mol. The lowest BCUT2D eigenvalue weighted by Gasteiger charge is -2.22. The van der Waals surface area contributed by atoms with E-state index in [4.69, 9.17) is 0 Å². The molecular formula is C9H23NSi. The fourth-order valence-electron chi connectivity index (χ4n) is 1.51. The molecule has 0 aromatic rings. The van der Waals surface area contributed by atoms with Gasteiger partial charge in [-0.2, -0.15) is 0 Å². The van der Waals surface area contributed by atoms with Crippen molar-refractivity contribution in [1.82, 2.24) is 5.32 Å². The van der Waals surface area contributed by atoms with E-state index in [1.54, 1.807) is 0 Å². The van der Waals surface area contributed by atoms with Gasteiger partial charge in [0.15, 0.2) is 0 Å². The molecule has 0 radical (unpaired) electrons. The van der Waals surface area contributed by atoms with Crippen molar-refractivity contribution < 1.29 is 0 Å². The second-order valence-electron chi connectivity index (χ2n) is 4.68. The Morgan fingerprint density at radius 2 is 1.91 bits per heavy atom. The zero-order valence-electron chi connectivity index (χ0n) is 8.70. The molecule has 0 heterocycles. The summed E-state index contributed by atoms with van der Waals surface area (Å²) >= 11 is 0. The average Bonchev–Trinajstić information content (AvgIpc) is 1.79. The van der Waals surface area contributed by atoms with Gasteiger partial charge in [-0.3, -0.25) is 0 Å². The van der Waals surface area contributed by atoms with E-state index in [2.05, 4.69) is 39.9 Å². The third-order valence-corrected chi connectivity index (χ3v) is 3.91. The predicted octanol–water partition coefficient (Wildman–Crippen LogP) is 1.79. The molecule has 0 spiro atoms. The van der Waals surface area contributed by atoms with Gasteiger partial charge in [-0.1, -0.05) is 34.6 Å². The van der Waals surface area contributed by atoms with Crippen LogP contribution in [-0.2, 0) is 0 Å². The molecule has 2 heteroatoms. The van der Waals surface area contributed by atoms with E-state index < -0.39 is 0 Å². The fraction of sp³-hybridized carbons (Fsp3) is 1.00. The Kier molecular flexibility index (Phi) is 5.02. The monoisotopic (exact) mass is 173 g/mol. The van der Waals surface area contributed by atoms with Crippen molar-refractivity contribution in [2.75, 3.05) is 13.1 Å². The number of hydrogen-bond donors (Lipinski definition) is 1. The quantitative estimate of drug-likeness (QED) is 0.639. The molecule has 0 rings (SSSR count). The summed E-state index contributed by atoms with van der Waals surface area (Å²) in [5, 5.41) is 4.03. The topological polar surface area (TPSA) is 12.0 Å². The van der Waals surface area contributed by atoms with Crippen molar-refractivity contribution in [2.24, 2.45) is 0 Å². The molecule has 0 aromatic carbocycles. The first-order valence-electron chi connectivity index (χ1n) is 4.66. The molecule has 1 atom stereocenters. The molecule has 0 saturated carbocycles. The summed E-state index contributed by atoms with van der Waals surface area (Å²) in [7, 11) is 0.0912. The number of hydrogen-bond acceptors (Lipinski definition) is 1. The van der Waals surface area contributed by atoms with E-state index in [0.717, 1.165) is 12.1 Å². The van der Waals surface area contributed by atoms with Gasteiger partial charge in [0.1, 0.15) is 0 Å². The van der Waals surface area contributed by atoms with Crippen LogP contribution in [0, 0.1) is 0 Å². The minimum absolute atomic E-state index is 0.0912. The highest BCUT2D eigenvalue weighted by Gasteiger charge is 2.15. The van der Waals surface area contributed by atoms with Crippen LogP contribution in [-0.4, -0.2) is 22.6 Å². The van der Waals surface area contributed by atoms with Crippen molar-refractivity contribution in [2.45, 2.75) is 45.2 Å². The minimum atomic E-state index is 0.0912. The Bertz CT molecular complexity index is 96.2. The van der Waals surface area contributed by atoms with Gasteiger partial charge in [0.25, 0.3) is 0 Å². The van der Waals surface area contributed by atoms with Gasteiger partial charge in [-0.25, -0.2) is 0 Å². The third kappa shape index (κ3) is 8.08. The van der Waals surface area contributed by atoms with Crippen LogP contribution in [0.3, 0.4) is 0 Å². The van der Waals surface area contributed by atoms with Crippen LogP contribution in [0.25, 0.3) is 0 Å².